The molecule has 0 saturated carbocycles. The number of unbranched alkanes of at least 4 members (excludes halogenated alkanes) is 4. The van der Waals surface area contributed by atoms with Crippen LogP contribution in [0.4, 0.5) is 5.69 Å². The van der Waals surface area contributed by atoms with Crippen molar-refractivity contribution in [3.8, 4) is 17.9 Å². The van der Waals surface area contributed by atoms with Gasteiger partial charge >= 0.3 is 5.69 Å². The number of ether oxygens (including phenoxy) is 1. The summed E-state index contributed by atoms with van der Waals surface area (Å²) in [6, 6.07) is 7.84. The maximum Gasteiger partial charge on any atom is 0.311 e. The van der Waals surface area contributed by atoms with E-state index < -0.39 is 4.92 Å². The molecule has 0 radical (unpaired) electrons. The maximum absolute atomic E-state index is 11.1. The highest BCUT2D eigenvalue weighted by atomic mass is 16.6. The Bertz CT molecular complexity index is 638. The van der Waals surface area contributed by atoms with Gasteiger partial charge in [0.2, 0.25) is 0 Å². The maximum atomic E-state index is 11.1. The summed E-state index contributed by atoms with van der Waals surface area (Å²) in [4.78, 5) is 10.6. The predicted octanol–water partition coefficient (Wildman–Crippen LogP) is 4.37. The number of hydrogen-bond acceptors (Lipinski definition) is 5. The van der Waals surface area contributed by atoms with E-state index in [4.69, 9.17) is 15.3 Å². The van der Waals surface area contributed by atoms with E-state index in [0.29, 0.717) is 12.2 Å². The summed E-state index contributed by atoms with van der Waals surface area (Å²) in [7, 11) is 0. The Morgan fingerprint density at radius 2 is 1.96 bits per heavy atom. The summed E-state index contributed by atoms with van der Waals surface area (Å²) in [5, 5.41) is 28.6. The van der Waals surface area contributed by atoms with Crippen molar-refractivity contribution in [3.63, 3.8) is 0 Å². The Morgan fingerprint density at radius 1 is 1.26 bits per heavy atom. The first-order valence-electron chi connectivity index (χ1n) is 7.55. The van der Waals surface area contributed by atoms with E-state index in [1.807, 2.05) is 0 Å². The Labute approximate surface area is 135 Å². The monoisotopic (exact) mass is 313 g/mol. The zero-order valence-electron chi connectivity index (χ0n) is 13.1. The summed E-state index contributed by atoms with van der Waals surface area (Å²) in [6.45, 7) is 2.57. The molecule has 0 amide bonds. The molecular weight excluding hydrogens is 294 g/mol. The molecule has 0 fully saturated rings. The Morgan fingerprint density at radius 3 is 2.57 bits per heavy atom. The minimum Gasteiger partial charge on any atom is -0.487 e. The van der Waals surface area contributed by atoms with Gasteiger partial charge in [-0.15, -0.1) is 0 Å². The number of allylic oxidation sites excluding steroid dienone is 1. The second kappa shape index (κ2) is 9.97. The van der Waals surface area contributed by atoms with Gasteiger partial charge < -0.3 is 4.74 Å². The molecule has 1 rings (SSSR count). The highest BCUT2D eigenvalue weighted by Crippen LogP contribution is 2.29. The van der Waals surface area contributed by atoms with E-state index in [1.54, 1.807) is 18.2 Å². The number of nitrogens with zero attached hydrogens (tertiary/aromatic N) is 3. The van der Waals surface area contributed by atoms with E-state index in [1.165, 1.54) is 24.6 Å². The molecule has 6 nitrogen and oxygen atoms in total. The third kappa shape index (κ3) is 6.19. The molecule has 1 aromatic rings. The predicted molar refractivity (Wildman–Crippen MR) is 86.6 cm³/mol. The smallest absolute Gasteiger partial charge is 0.311 e. The van der Waals surface area contributed by atoms with Crippen molar-refractivity contribution in [2.75, 3.05) is 6.61 Å². The average Bonchev–Trinajstić information content (AvgIpc) is 2.56. The standard InChI is InChI=1S/C17H19N3O3/c1-2-3-4-5-6-9-23-17-8-7-14(10-15(12-18)13-19)11-16(17)20(21)22/h7-8,10-11H,2-6,9H2,1H3. The van der Waals surface area contributed by atoms with E-state index in [2.05, 4.69) is 6.92 Å². The van der Waals surface area contributed by atoms with Crippen molar-refractivity contribution in [2.45, 2.75) is 39.0 Å². The van der Waals surface area contributed by atoms with E-state index in [0.717, 1.165) is 25.7 Å². The number of nitriles is 2. The lowest BCUT2D eigenvalue weighted by Gasteiger charge is -2.07. The van der Waals surface area contributed by atoms with Gasteiger partial charge in [0.1, 0.15) is 17.7 Å². The Kier molecular flexibility index (Phi) is 7.88. The molecule has 0 aliphatic carbocycles. The van der Waals surface area contributed by atoms with Crippen molar-refractivity contribution in [2.24, 2.45) is 0 Å². The molecule has 0 atom stereocenters. The lowest BCUT2D eigenvalue weighted by Crippen LogP contribution is -2.01. The molecule has 0 aromatic heterocycles. The first-order chi connectivity index (χ1) is 11.1. The van der Waals surface area contributed by atoms with Crippen LogP contribution in [0.1, 0.15) is 44.6 Å². The topological polar surface area (TPSA) is 99.9 Å². The SMILES string of the molecule is CCCCCCCOc1ccc(C=C(C#N)C#N)cc1[N+](=O)[O-]. The van der Waals surface area contributed by atoms with Crippen LogP contribution in [0.3, 0.4) is 0 Å². The van der Waals surface area contributed by atoms with Crippen LogP contribution in [0.2, 0.25) is 0 Å². The first kappa shape index (κ1) is 18.2. The van der Waals surface area contributed by atoms with Gasteiger partial charge in [-0.05, 0) is 24.1 Å². The highest BCUT2D eigenvalue weighted by Gasteiger charge is 2.15. The largest absolute Gasteiger partial charge is 0.487 e. The fraction of sp³-hybridized carbons (Fsp3) is 0.412. The van der Waals surface area contributed by atoms with Gasteiger partial charge in [-0.2, -0.15) is 10.5 Å². The summed E-state index contributed by atoms with van der Waals surface area (Å²) >= 11 is 0. The van der Waals surface area contributed by atoms with Crippen molar-refractivity contribution in [1.82, 2.24) is 0 Å². The van der Waals surface area contributed by atoms with Crippen LogP contribution >= 0.6 is 0 Å². The number of hydrogen-bond donors (Lipinski definition) is 0. The van der Waals surface area contributed by atoms with Gasteiger partial charge in [0.15, 0.2) is 5.75 Å². The van der Waals surface area contributed by atoms with E-state index in [9.17, 15) is 10.1 Å². The quantitative estimate of drug-likeness (QED) is 0.291. The number of nitro groups is 1. The minimum atomic E-state index is -0.526. The van der Waals surface area contributed by atoms with Gasteiger partial charge in [-0.3, -0.25) is 10.1 Å². The molecule has 120 valence electrons. The molecule has 0 unspecified atom stereocenters. The minimum absolute atomic E-state index is 0.108. The average molecular weight is 313 g/mol. The summed E-state index contributed by atoms with van der Waals surface area (Å²) in [5.74, 6) is 0.207. The highest BCUT2D eigenvalue weighted by molar-refractivity contribution is 5.65. The lowest BCUT2D eigenvalue weighted by atomic mass is 10.1. The van der Waals surface area contributed by atoms with Crippen LogP contribution in [-0.4, -0.2) is 11.5 Å². The number of benzene rings is 1. The van der Waals surface area contributed by atoms with Gasteiger partial charge in [0, 0.05) is 6.07 Å². The van der Waals surface area contributed by atoms with Gasteiger partial charge in [-0.25, -0.2) is 0 Å². The molecule has 0 spiro atoms. The molecule has 0 aliphatic heterocycles. The Balaban J connectivity index is 2.78. The molecule has 6 heteroatoms. The third-order valence-electron chi connectivity index (χ3n) is 3.24. The fourth-order valence-electron chi connectivity index (χ4n) is 2.03. The summed E-state index contributed by atoms with van der Waals surface area (Å²) in [6.07, 6.45) is 6.68. The van der Waals surface area contributed by atoms with Crippen LogP contribution in [0.15, 0.2) is 23.8 Å². The third-order valence-corrected chi connectivity index (χ3v) is 3.24. The second-order valence-electron chi connectivity index (χ2n) is 5.03. The van der Waals surface area contributed by atoms with Gasteiger partial charge in [-0.1, -0.05) is 38.7 Å². The lowest BCUT2D eigenvalue weighted by molar-refractivity contribution is -0.385. The fourth-order valence-corrected chi connectivity index (χ4v) is 2.03. The molecule has 1 aromatic carbocycles. The summed E-state index contributed by atoms with van der Waals surface area (Å²) in [5.41, 5.74) is 0.150. The Hall–Kier alpha value is -2.86. The van der Waals surface area contributed by atoms with Crippen LogP contribution in [0.5, 0.6) is 5.75 Å². The molecule has 23 heavy (non-hydrogen) atoms. The zero-order valence-corrected chi connectivity index (χ0v) is 13.1. The van der Waals surface area contributed by atoms with Crippen molar-refractivity contribution >= 4 is 11.8 Å². The number of rotatable bonds is 9. The van der Waals surface area contributed by atoms with Crippen molar-refractivity contribution < 1.29 is 9.66 Å². The van der Waals surface area contributed by atoms with Gasteiger partial charge in [0.05, 0.1) is 11.5 Å². The van der Waals surface area contributed by atoms with E-state index in [-0.39, 0.29) is 17.0 Å². The molecule has 0 bridgehead atoms. The molecule has 0 saturated heterocycles. The van der Waals surface area contributed by atoms with Crippen LogP contribution < -0.4 is 4.74 Å². The first-order valence-corrected chi connectivity index (χ1v) is 7.55. The van der Waals surface area contributed by atoms with Crippen LogP contribution in [0, 0.1) is 32.8 Å². The summed E-state index contributed by atoms with van der Waals surface area (Å²) < 4.78 is 5.50. The molecule has 0 aliphatic rings. The van der Waals surface area contributed by atoms with E-state index >= 15 is 0 Å². The molecule has 0 heterocycles. The normalized spacial score (nSPS) is 9.52. The number of nitro benzene ring substituents is 1. The van der Waals surface area contributed by atoms with Crippen molar-refractivity contribution in [3.05, 3.63) is 39.4 Å². The van der Waals surface area contributed by atoms with Crippen LogP contribution in [-0.2, 0) is 0 Å². The van der Waals surface area contributed by atoms with Crippen molar-refractivity contribution in [1.29, 1.82) is 10.5 Å². The van der Waals surface area contributed by atoms with Crippen LogP contribution in [0.25, 0.3) is 6.08 Å². The molecule has 0 N–H and O–H groups in total. The van der Waals surface area contributed by atoms with Gasteiger partial charge in [0.25, 0.3) is 0 Å². The molecular formula is C17H19N3O3. The second-order valence-corrected chi connectivity index (χ2v) is 5.03. The zero-order chi connectivity index (χ0) is 17.1.